The Labute approximate surface area is 146 Å². The maximum absolute atomic E-state index is 12.3. The van der Waals surface area contributed by atoms with E-state index in [1.165, 1.54) is 0 Å². The topological polar surface area (TPSA) is 63.9 Å². The second kappa shape index (κ2) is 6.89. The summed E-state index contributed by atoms with van der Waals surface area (Å²) in [6, 6.07) is 11.4. The van der Waals surface area contributed by atoms with Crippen LogP contribution in [0.3, 0.4) is 0 Å². The SMILES string of the molecule is CCc1c(C)[nH]c2cc(OC)c(OC)cc2c1=O.c1ccc2c(c1)O2. The maximum Gasteiger partial charge on any atom is 0.192 e. The van der Waals surface area contributed by atoms with Gasteiger partial charge in [-0.2, -0.15) is 0 Å². The predicted molar refractivity (Wildman–Crippen MR) is 98.3 cm³/mol. The van der Waals surface area contributed by atoms with Crippen LogP contribution in [0.25, 0.3) is 10.9 Å². The molecule has 1 aliphatic heterocycles. The van der Waals surface area contributed by atoms with Crippen LogP contribution >= 0.6 is 0 Å². The monoisotopic (exact) mass is 339 g/mol. The fraction of sp³-hybridized carbons (Fsp3) is 0.250. The van der Waals surface area contributed by atoms with Crippen molar-refractivity contribution in [3.05, 3.63) is 57.9 Å². The Hall–Kier alpha value is -2.95. The molecule has 2 heterocycles. The van der Waals surface area contributed by atoms with Crippen molar-refractivity contribution in [1.29, 1.82) is 0 Å². The molecule has 3 aromatic rings. The van der Waals surface area contributed by atoms with E-state index in [2.05, 4.69) is 4.98 Å². The van der Waals surface area contributed by atoms with Crippen molar-refractivity contribution < 1.29 is 14.2 Å². The average Bonchev–Trinajstić information content (AvgIpc) is 3.41. The smallest absolute Gasteiger partial charge is 0.192 e. The van der Waals surface area contributed by atoms with Crippen LogP contribution in [0.5, 0.6) is 23.0 Å². The molecule has 0 saturated heterocycles. The molecule has 0 aliphatic carbocycles. The largest absolute Gasteiger partial charge is 0.493 e. The molecule has 0 atom stereocenters. The molecule has 0 fully saturated rings. The molecule has 4 rings (SSSR count). The van der Waals surface area contributed by atoms with Gasteiger partial charge in [-0.25, -0.2) is 0 Å². The van der Waals surface area contributed by atoms with Gasteiger partial charge in [-0.3, -0.25) is 4.79 Å². The Bertz CT molecular complexity index is 954. The lowest BCUT2D eigenvalue weighted by atomic mass is 10.1. The van der Waals surface area contributed by atoms with Gasteiger partial charge in [-0.15, -0.1) is 0 Å². The van der Waals surface area contributed by atoms with E-state index < -0.39 is 0 Å². The van der Waals surface area contributed by atoms with Crippen LogP contribution in [0.1, 0.15) is 18.2 Å². The van der Waals surface area contributed by atoms with Crippen LogP contribution in [-0.4, -0.2) is 19.2 Å². The molecule has 130 valence electrons. The highest BCUT2D eigenvalue weighted by atomic mass is 16.6. The quantitative estimate of drug-likeness (QED) is 0.568. The standard InChI is InChI=1S/C14H17NO3.C6H4O/c1-5-9-8(2)15-11-7-13(18-4)12(17-3)6-10(11)14(9)16;1-2-4-6-5(3-1)7-6/h6-7H,5H2,1-4H3,(H,15,16);1-4H. The third kappa shape index (κ3) is 3.31. The van der Waals surface area contributed by atoms with Crippen LogP contribution in [-0.2, 0) is 6.42 Å². The van der Waals surface area contributed by atoms with Gasteiger partial charge < -0.3 is 19.2 Å². The zero-order valence-electron chi connectivity index (χ0n) is 14.8. The van der Waals surface area contributed by atoms with Crippen molar-refractivity contribution >= 4 is 10.9 Å². The summed E-state index contributed by atoms with van der Waals surface area (Å²) in [5.41, 5.74) is 2.55. The van der Waals surface area contributed by atoms with Crippen LogP contribution in [0.15, 0.2) is 41.2 Å². The molecule has 0 saturated carbocycles. The maximum atomic E-state index is 12.3. The van der Waals surface area contributed by atoms with Gasteiger partial charge in [0.15, 0.2) is 28.4 Å². The molecule has 5 nitrogen and oxygen atoms in total. The highest BCUT2D eigenvalue weighted by Crippen LogP contribution is 2.43. The van der Waals surface area contributed by atoms with Gasteiger partial charge in [-0.05, 0) is 31.5 Å². The number of aromatic amines is 1. The number of H-pyrrole nitrogens is 1. The Kier molecular flexibility index (Phi) is 4.65. The molecule has 0 bridgehead atoms. The van der Waals surface area contributed by atoms with E-state index in [0.717, 1.165) is 28.3 Å². The minimum atomic E-state index is 0.0599. The van der Waals surface area contributed by atoms with Crippen molar-refractivity contribution in [2.45, 2.75) is 20.3 Å². The number of pyridine rings is 1. The van der Waals surface area contributed by atoms with E-state index >= 15 is 0 Å². The molecule has 0 amide bonds. The third-order valence-corrected chi connectivity index (χ3v) is 4.20. The fourth-order valence-corrected chi connectivity index (χ4v) is 2.82. The number of nitrogens with one attached hydrogen (secondary N) is 1. The minimum absolute atomic E-state index is 0.0599. The van der Waals surface area contributed by atoms with Crippen molar-refractivity contribution in [2.75, 3.05) is 14.2 Å². The van der Waals surface area contributed by atoms with Gasteiger partial charge in [-0.1, -0.05) is 19.1 Å². The number of aromatic nitrogens is 1. The van der Waals surface area contributed by atoms with Crippen molar-refractivity contribution in [3.8, 4) is 23.0 Å². The first-order valence-electron chi connectivity index (χ1n) is 8.13. The Balaban J connectivity index is 0.000000213. The molecule has 1 aromatic heterocycles. The van der Waals surface area contributed by atoms with E-state index in [-0.39, 0.29) is 5.43 Å². The van der Waals surface area contributed by atoms with Crippen LogP contribution < -0.4 is 19.6 Å². The van der Waals surface area contributed by atoms with Crippen LogP contribution in [0.4, 0.5) is 0 Å². The minimum Gasteiger partial charge on any atom is -0.493 e. The van der Waals surface area contributed by atoms with Gasteiger partial charge in [0.1, 0.15) is 0 Å². The summed E-state index contributed by atoms with van der Waals surface area (Å²) in [5, 5.41) is 0.634. The van der Waals surface area contributed by atoms with E-state index in [0.29, 0.717) is 23.3 Å². The molecule has 0 spiro atoms. The summed E-state index contributed by atoms with van der Waals surface area (Å²) in [7, 11) is 3.14. The third-order valence-electron chi connectivity index (χ3n) is 4.20. The Morgan fingerprint density at radius 2 is 1.64 bits per heavy atom. The number of hydrogen-bond acceptors (Lipinski definition) is 4. The number of methoxy groups -OCH3 is 2. The number of ether oxygens (including phenoxy) is 3. The highest BCUT2D eigenvalue weighted by molar-refractivity contribution is 5.83. The molecule has 2 aromatic carbocycles. The molecular weight excluding hydrogens is 318 g/mol. The lowest BCUT2D eigenvalue weighted by molar-refractivity contribution is 0.355. The van der Waals surface area contributed by atoms with E-state index in [1.54, 1.807) is 26.4 Å². The normalized spacial score (nSPS) is 11.0. The lowest BCUT2D eigenvalue weighted by Crippen LogP contribution is -2.12. The summed E-state index contributed by atoms with van der Waals surface area (Å²) >= 11 is 0. The first-order chi connectivity index (χ1) is 12.1. The Morgan fingerprint density at radius 3 is 2.16 bits per heavy atom. The number of aryl methyl sites for hydroxylation is 1. The summed E-state index contributed by atoms with van der Waals surface area (Å²) in [5.74, 6) is 3.25. The molecule has 0 radical (unpaired) electrons. The zero-order chi connectivity index (χ0) is 18.0. The summed E-state index contributed by atoms with van der Waals surface area (Å²) in [6.45, 7) is 3.89. The van der Waals surface area contributed by atoms with Gasteiger partial charge in [0, 0.05) is 22.7 Å². The fourth-order valence-electron chi connectivity index (χ4n) is 2.82. The van der Waals surface area contributed by atoms with Gasteiger partial charge in [0.2, 0.25) is 0 Å². The van der Waals surface area contributed by atoms with Crippen molar-refractivity contribution in [2.24, 2.45) is 0 Å². The van der Waals surface area contributed by atoms with E-state index in [4.69, 9.17) is 14.2 Å². The summed E-state index contributed by atoms with van der Waals surface area (Å²) in [6.07, 6.45) is 0.714. The molecular formula is C20H21NO4. The lowest BCUT2D eigenvalue weighted by Gasteiger charge is -2.11. The van der Waals surface area contributed by atoms with E-state index in [1.807, 2.05) is 38.1 Å². The molecule has 1 aliphatic rings. The van der Waals surface area contributed by atoms with E-state index in [9.17, 15) is 4.79 Å². The molecule has 0 unspecified atom stereocenters. The number of fused-ring (bicyclic) bond motifs is 2. The zero-order valence-corrected chi connectivity index (χ0v) is 14.8. The summed E-state index contributed by atoms with van der Waals surface area (Å²) in [4.78, 5) is 15.6. The van der Waals surface area contributed by atoms with Gasteiger partial charge in [0.05, 0.1) is 19.7 Å². The number of hydrogen-bond donors (Lipinski definition) is 1. The Morgan fingerprint density at radius 1 is 1.04 bits per heavy atom. The van der Waals surface area contributed by atoms with Crippen LogP contribution in [0, 0.1) is 6.92 Å². The number of rotatable bonds is 3. The van der Waals surface area contributed by atoms with Crippen LogP contribution in [0.2, 0.25) is 0 Å². The van der Waals surface area contributed by atoms with Crippen molar-refractivity contribution in [3.63, 3.8) is 0 Å². The number of para-hydroxylation sites is 2. The first-order valence-corrected chi connectivity index (χ1v) is 8.13. The summed E-state index contributed by atoms with van der Waals surface area (Å²) < 4.78 is 15.4. The predicted octanol–water partition coefficient (Wildman–Crippen LogP) is 4.21. The number of benzene rings is 2. The highest BCUT2D eigenvalue weighted by Gasteiger charge is 2.16. The second-order valence-corrected chi connectivity index (χ2v) is 5.71. The average molecular weight is 339 g/mol. The molecule has 1 N–H and O–H groups in total. The second-order valence-electron chi connectivity index (χ2n) is 5.71. The first kappa shape index (κ1) is 16.9. The van der Waals surface area contributed by atoms with Gasteiger partial charge in [0.25, 0.3) is 0 Å². The van der Waals surface area contributed by atoms with Crippen molar-refractivity contribution in [1.82, 2.24) is 4.98 Å². The van der Waals surface area contributed by atoms with Gasteiger partial charge >= 0.3 is 0 Å². The molecule has 5 heteroatoms. The molecule has 25 heavy (non-hydrogen) atoms.